The first-order chi connectivity index (χ1) is 7.72. The summed E-state index contributed by atoms with van der Waals surface area (Å²) in [5.41, 5.74) is 1.03. The van der Waals surface area contributed by atoms with Crippen LogP contribution in [0.4, 0.5) is 5.13 Å². The van der Waals surface area contributed by atoms with E-state index in [0.29, 0.717) is 6.04 Å². The second-order valence-electron chi connectivity index (χ2n) is 4.40. The predicted octanol–water partition coefficient (Wildman–Crippen LogP) is 4.16. The molecule has 2 nitrogen and oxygen atoms in total. The minimum Gasteiger partial charge on any atom is -0.359 e. The molecule has 1 saturated carbocycles. The summed E-state index contributed by atoms with van der Waals surface area (Å²) in [6.45, 7) is 2.23. The number of halogens is 1. The predicted molar refractivity (Wildman–Crippen MR) is 70.4 cm³/mol. The van der Waals surface area contributed by atoms with Crippen LogP contribution in [0.5, 0.6) is 0 Å². The Morgan fingerprint density at radius 1 is 1.50 bits per heavy atom. The topological polar surface area (TPSA) is 24.9 Å². The average Bonchev–Trinajstić information content (AvgIpc) is 3.00. The molecule has 0 saturated heterocycles. The molecule has 2 aromatic rings. The van der Waals surface area contributed by atoms with Gasteiger partial charge in [-0.05, 0) is 43.9 Å². The van der Waals surface area contributed by atoms with Crippen LogP contribution in [-0.4, -0.2) is 11.0 Å². The van der Waals surface area contributed by atoms with Gasteiger partial charge in [0, 0.05) is 11.1 Å². The zero-order valence-corrected chi connectivity index (χ0v) is 10.6. The lowest BCUT2D eigenvalue weighted by Crippen LogP contribution is -2.16. The van der Waals surface area contributed by atoms with E-state index in [-0.39, 0.29) is 0 Å². The Balaban J connectivity index is 1.86. The van der Waals surface area contributed by atoms with Crippen molar-refractivity contribution in [2.75, 3.05) is 5.32 Å². The maximum absolute atomic E-state index is 5.95. The molecule has 1 atom stereocenters. The van der Waals surface area contributed by atoms with Gasteiger partial charge in [0.2, 0.25) is 0 Å². The minimum atomic E-state index is 0.538. The number of rotatable bonds is 3. The van der Waals surface area contributed by atoms with Crippen LogP contribution in [0.1, 0.15) is 19.8 Å². The van der Waals surface area contributed by atoms with Gasteiger partial charge in [-0.1, -0.05) is 22.9 Å². The maximum atomic E-state index is 5.95. The summed E-state index contributed by atoms with van der Waals surface area (Å²) in [4.78, 5) is 4.55. The second-order valence-corrected chi connectivity index (χ2v) is 5.87. The second kappa shape index (κ2) is 3.90. The van der Waals surface area contributed by atoms with Crippen LogP contribution < -0.4 is 5.32 Å². The van der Waals surface area contributed by atoms with Gasteiger partial charge in [0.15, 0.2) is 5.13 Å². The molecule has 1 fully saturated rings. The molecule has 0 radical (unpaired) electrons. The van der Waals surface area contributed by atoms with Crippen molar-refractivity contribution in [2.45, 2.75) is 25.8 Å². The van der Waals surface area contributed by atoms with E-state index in [1.165, 1.54) is 12.8 Å². The molecule has 1 aliphatic carbocycles. The van der Waals surface area contributed by atoms with Crippen molar-refractivity contribution in [3.05, 3.63) is 23.2 Å². The highest BCUT2D eigenvalue weighted by Gasteiger charge is 2.28. The van der Waals surface area contributed by atoms with Crippen molar-refractivity contribution in [3.8, 4) is 0 Å². The first-order valence-electron chi connectivity index (χ1n) is 5.55. The summed E-state index contributed by atoms with van der Waals surface area (Å²) in [5.74, 6) is 0.843. The Morgan fingerprint density at radius 3 is 3.06 bits per heavy atom. The van der Waals surface area contributed by atoms with E-state index < -0.39 is 0 Å². The van der Waals surface area contributed by atoms with Crippen molar-refractivity contribution in [2.24, 2.45) is 5.92 Å². The summed E-state index contributed by atoms with van der Waals surface area (Å²) in [5, 5.41) is 5.26. The normalized spacial score (nSPS) is 17.6. The highest BCUT2D eigenvalue weighted by molar-refractivity contribution is 7.22. The molecular formula is C12H13ClN2S. The van der Waals surface area contributed by atoms with Gasteiger partial charge in [0.05, 0.1) is 10.2 Å². The molecule has 1 N–H and O–H groups in total. The van der Waals surface area contributed by atoms with Gasteiger partial charge < -0.3 is 5.32 Å². The fourth-order valence-electron chi connectivity index (χ4n) is 1.87. The van der Waals surface area contributed by atoms with Crippen molar-refractivity contribution in [1.29, 1.82) is 0 Å². The summed E-state index contributed by atoms with van der Waals surface area (Å²) in [7, 11) is 0. The number of hydrogen-bond acceptors (Lipinski definition) is 3. The Bertz CT molecular complexity index is 519. The van der Waals surface area contributed by atoms with Crippen LogP contribution >= 0.6 is 22.9 Å². The van der Waals surface area contributed by atoms with E-state index in [4.69, 9.17) is 11.6 Å². The van der Waals surface area contributed by atoms with E-state index in [0.717, 1.165) is 26.3 Å². The monoisotopic (exact) mass is 252 g/mol. The highest BCUT2D eigenvalue weighted by atomic mass is 35.5. The number of fused-ring (bicyclic) bond motifs is 1. The Kier molecular flexibility index (Phi) is 2.52. The average molecular weight is 253 g/mol. The first kappa shape index (κ1) is 10.4. The molecule has 4 heteroatoms. The highest BCUT2D eigenvalue weighted by Crippen LogP contribution is 2.35. The van der Waals surface area contributed by atoms with E-state index in [2.05, 4.69) is 17.2 Å². The minimum absolute atomic E-state index is 0.538. The van der Waals surface area contributed by atoms with Gasteiger partial charge in [0.1, 0.15) is 0 Å². The van der Waals surface area contributed by atoms with Crippen molar-refractivity contribution < 1.29 is 0 Å². The summed E-state index contributed by atoms with van der Waals surface area (Å²) >= 11 is 7.63. The number of benzene rings is 1. The molecule has 1 aromatic carbocycles. The number of anilines is 1. The molecule has 0 aliphatic heterocycles. The summed E-state index contributed by atoms with van der Waals surface area (Å²) < 4.78 is 1.15. The van der Waals surface area contributed by atoms with E-state index in [1.807, 2.05) is 18.2 Å². The molecule has 0 bridgehead atoms. The Labute approximate surface area is 104 Å². The molecule has 1 heterocycles. The standard InChI is InChI=1S/C12H13ClN2S/c1-7(8-2-3-8)14-12-15-10-5-4-9(13)6-11(10)16-12/h4-8H,2-3H2,1H3,(H,14,15). The van der Waals surface area contributed by atoms with Crippen LogP contribution in [0.2, 0.25) is 5.02 Å². The molecule has 0 amide bonds. The molecule has 1 aliphatic rings. The van der Waals surface area contributed by atoms with Gasteiger partial charge in [-0.3, -0.25) is 0 Å². The number of thiazole rings is 1. The van der Waals surface area contributed by atoms with Gasteiger partial charge in [-0.25, -0.2) is 4.98 Å². The zero-order chi connectivity index (χ0) is 11.1. The third-order valence-corrected chi connectivity index (χ3v) is 4.22. The number of nitrogens with one attached hydrogen (secondary N) is 1. The van der Waals surface area contributed by atoms with Gasteiger partial charge in [-0.2, -0.15) is 0 Å². The third kappa shape index (κ3) is 2.02. The third-order valence-electron chi connectivity index (χ3n) is 3.03. The fraction of sp³-hybridized carbons (Fsp3) is 0.417. The largest absolute Gasteiger partial charge is 0.359 e. The van der Waals surface area contributed by atoms with Crippen molar-refractivity contribution in [3.63, 3.8) is 0 Å². The van der Waals surface area contributed by atoms with Crippen molar-refractivity contribution >= 4 is 38.3 Å². The lowest BCUT2D eigenvalue weighted by atomic mass is 10.2. The molecule has 16 heavy (non-hydrogen) atoms. The SMILES string of the molecule is CC(Nc1nc2ccc(Cl)cc2s1)C1CC1. The van der Waals surface area contributed by atoms with E-state index in [1.54, 1.807) is 11.3 Å². The van der Waals surface area contributed by atoms with Gasteiger partial charge in [0.25, 0.3) is 0 Å². The van der Waals surface area contributed by atoms with Gasteiger partial charge >= 0.3 is 0 Å². The number of hydrogen-bond donors (Lipinski definition) is 1. The molecular weight excluding hydrogens is 240 g/mol. The number of aromatic nitrogens is 1. The molecule has 1 aromatic heterocycles. The molecule has 0 spiro atoms. The molecule has 1 unspecified atom stereocenters. The maximum Gasteiger partial charge on any atom is 0.184 e. The molecule has 3 rings (SSSR count). The van der Waals surface area contributed by atoms with Crippen molar-refractivity contribution in [1.82, 2.24) is 4.98 Å². The smallest absolute Gasteiger partial charge is 0.184 e. The summed E-state index contributed by atoms with van der Waals surface area (Å²) in [6, 6.07) is 6.37. The van der Waals surface area contributed by atoms with Crippen LogP contribution in [-0.2, 0) is 0 Å². The molecule has 84 valence electrons. The quantitative estimate of drug-likeness (QED) is 0.887. The van der Waals surface area contributed by atoms with Crippen LogP contribution in [0.15, 0.2) is 18.2 Å². The Hall–Kier alpha value is -0.800. The van der Waals surface area contributed by atoms with E-state index in [9.17, 15) is 0 Å². The lowest BCUT2D eigenvalue weighted by molar-refractivity contribution is 0.693. The zero-order valence-electron chi connectivity index (χ0n) is 9.03. The lowest BCUT2D eigenvalue weighted by Gasteiger charge is -2.10. The van der Waals surface area contributed by atoms with Crippen LogP contribution in [0.25, 0.3) is 10.2 Å². The summed E-state index contributed by atoms with van der Waals surface area (Å²) in [6.07, 6.45) is 2.70. The van der Waals surface area contributed by atoms with Crippen LogP contribution in [0, 0.1) is 5.92 Å². The van der Waals surface area contributed by atoms with E-state index >= 15 is 0 Å². The fourth-order valence-corrected chi connectivity index (χ4v) is 3.11. The van der Waals surface area contributed by atoms with Crippen LogP contribution in [0.3, 0.4) is 0 Å². The van der Waals surface area contributed by atoms with Gasteiger partial charge in [-0.15, -0.1) is 0 Å². The Morgan fingerprint density at radius 2 is 2.31 bits per heavy atom. The first-order valence-corrected chi connectivity index (χ1v) is 6.74. The number of nitrogens with zero attached hydrogens (tertiary/aromatic N) is 1.